The van der Waals surface area contributed by atoms with Gasteiger partial charge in [-0.25, -0.2) is 0 Å². The lowest BCUT2D eigenvalue weighted by Gasteiger charge is -1.89. The zero-order chi connectivity index (χ0) is 4.12. The minimum absolute atomic E-state index is 1.32. The number of hydrogen-bond acceptors (Lipinski definition) is 2. The van der Waals surface area contributed by atoms with E-state index in [1.807, 2.05) is 0 Å². The molecule has 0 spiro atoms. The van der Waals surface area contributed by atoms with Crippen LogP contribution in [0.4, 0.5) is 0 Å². The van der Waals surface area contributed by atoms with Gasteiger partial charge < -0.3 is 5.34 Å². The van der Waals surface area contributed by atoms with E-state index >= 15 is 0 Å². The quantitative estimate of drug-likeness (QED) is 0.300. The SMILES string of the molecule is [B][B]NNC. The minimum Gasteiger partial charge on any atom is -0.314 e. The van der Waals surface area contributed by atoms with Crippen molar-refractivity contribution in [3.8, 4) is 0 Å². The highest BCUT2D eigenvalue weighted by molar-refractivity contribution is 6.87. The largest absolute Gasteiger partial charge is 0.314 e. The van der Waals surface area contributed by atoms with Crippen molar-refractivity contribution in [3.05, 3.63) is 0 Å². The summed E-state index contributed by atoms with van der Waals surface area (Å²) >= 11 is 0. The molecule has 0 aliphatic rings. The van der Waals surface area contributed by atoms with E-state index in [0.29, 0.717) is 0 Å². The van der Waals surface area contributed by atoms with E-state index in [9.17, 15) is 0 Å². The Kier molecular flexibility index (Phi) is 4.09. The third-order valence-corrected chi connectivity index (χ3v) is 0.228. The minimum atomic E-state index is 1.32. The summed E-state index contributed by atoms with van der Waals surface area (Å²) in [7, 11) is 7.90. The van der Waals surface area contributed by atoms with E-state index in [1.165, 1.54) is 7.31 Å². The molecule has 0 aromatic rings. The Balaban J connectivity index is 2.19. The first-order chi connectivity index (χ1) is 2.41. The first kappa shape index (κ1) is 5.05. The van der Waals surface area contributed by atoms with E-state index in [2.05, 4.69) is 10.8 Å². The van der Waals surface area contributed by atoms with Gasteiger partial charge in [-0.2, -0.15) is 0 Å². The van der Waals surface area contributed by atoms with Crippen molar-refractivity contribution in [2.45, 2.75) is 0 Å². The standard InChI is InChI=1S/CH5B2N2/c1-4-5-3-2/h4-5H,1H3. The molecular formula is CH5B2N2. The van der Waals surface area contributed by atoms with E-state index in [4.69, 9.17) is 7.74 Å². The van der Waals surface area contributed by atoms with Crippen LogP contribution in [0.3, 0.4) is 0 Å². The molecule has 0 aromatic carbocycles. The van der Waals surface area contributed by atoms with Gasteiger partial charge >= 0.3 is 0 Å². The Hall–Kier alpha value is 0.0499. The molecule has 0 atom stereocenters. The van der Waals surface area contributed by atoms with Crippen LogP contribution in [0, 0.1) is 0 Å². The van der Waals surface area contributed by atoms with Gasteiger partial charge in [0.15, 0.2) is 7.31 Å². The highest BCUT2D eigenvalue weighted by atomic mass is 15.3. The fraction of sp³-hybridized carbons (Fsp3) is 1.00. The zero-order valence-corrected chi connectivity index (χ0v) is 3.15. The molecule has 0 unspecified atom stereocenters. The predicted octanol–water partition coefficient (Wildman–Crippen LogP) is -1.59. The summed E-state index contributed by atoms with van der Waals surface area (Å²) < 4.78 is 0. The molecule has 2 nitrogen and oxygen atoms in total. The van der Waals surface area contributed by atoms with Gasteiger partial charge in [-0.1, -0.05) is 0 Å². The van der Waals surface area contributed by atoms with Crippen LogP contribution in [-0.2, 0) is 0 Å². The summed E-state index contributed by atoms with van der Waals surface area (Å²) in [5.41, 5.74) is 2.59. The summed E-state index contributed by atoms with van der Waals surface area (Å²) in [6.45, 7) is 0. The molecule has 0 saturated carbocycles. The van der Waals surface area contributed by atoms with Crippen molar-refractivity contribution in [3.63, 3.8) is 0 Å². The highest BCUT2D eigenvalue weighted by Gasteiger charge is 1.64. The second-order valence-corrected chi connectivity index (χ2v) is 0.561. The Morgan fingerprint density at radius 3 is 2.40 bits per heavy atom. The Morgan fingerprint density at radius 2 is 2.40 bits per heavy atom. The van der Waals surface area contributed by atoms with E-state index in [1.54, 1.807) is 7.05 Å². The van der Waals surface area contributed by atoms with Crippen molar-refractivity contribution in [2.75, 3.05) is 7.05 Å². The molecule has 0 amide bonds. The smallest absolute Gasteiger partial charge is 0.166 e. The summed E-state index contributed by atoms with van der Waals surface area (Å²) in [4.78, 5) is 0. The summed E-state index contributed by atoms with van der Waals surface area (Å²) in [5.74, 6) is 0. The summed E-state index contributed by atoms with van der Waals surface area (Å²) in [5, 5.41) is 2.51. The molecule has 25 valence electrons. The molecule has 0 saturated heterocycles. The second-order valence-electron chi connectivity index (χ2n) is 0.561. The predicted molar refractivity (Wildman–Crippen MR) is 23.7 cm³/mol. The molecule has 4 heteroatoms. The molecule has 0 aliphatic carbocycles. The van der Waals surface area contributed by atoms with Crippen LogP contribution in [0.15, 0.2) is 0 Å². The van der Waals surface area contributed by atoms with Crippen molar-refractivity contribution in [1.29, 1.82) is 0 Å². The Labute approximate surface area is 34.0 Å². The van der Waals surface area contributed by atoms with E-state index in [0.717, 1.165) is 0 Å². The van der Waals surface area contributed by atoms with Crippen LogP contribution in [0.25, 0.3) is 0 Å². The highest BCUT2D eigenvalue weighted by Crippen LogP contribution is 1.20. The number of hydrogen-bond donors (Lipinski definition) is 2. The Bertz CT molecular complexity index is 15.1. The average molecular weight is 66.7 g/mol. The van der Waals surface area contributed by atoms with Crippen molar-refractivity contribution in [2.24, 2.45) is 0 Å². The number of nitrogens with one attached hydrogen (secondary N) is 2. The Morgan fingerprint density at radius 1 is 1.80 bits per heavy atom. The van der Waals surface area contributed by atoms with Gasteiger partial charge in [-0.15, -0.1) is 0 Å². The molecule has 0 aromatic heterocycles. The molecule has 3 radical (unpaired) electrons. The second kappa shape index (κ2) is 4.05. The first-order valence-electron chi connectivity index (χ1n) is 1.37. The van der Waals surface area contributed by atoms with Crippen molar-refractivity contribution < 1.29 is 0 Å². The fourth-order valence-electron chi connectivity index (χ4n) is 0.0833. The third kappa shape index (κ3) is 4.05. The van der Waals surface area contributed by atoms with Gasteiger partial charge in [0.1, 0.15) is 0 Å². The summed E-state index contributed by atoms with van der Waals surface area (Å²) in [6, 6.07) is 0. The van der Waals surface area contributed by atoms with Crippen LogP contribution < -0.4 is 10.8 Å². The molecule has 0 fully saturated rings. The van der Waals surface area contributed by atoms with Gasteiger partial charge in [-0.05, 0) is 7.05 Å². The maximum Gasteiger partial charge on any atom is 0.166 e. The fourth-order valence-corrected chi connectivity index (χ4v) is 0.0833. The van der Waals surface area contributed by atoms with Crippen LogP contribution >= 0.6 is 0 Å². The molecule has 0 aliphatic heterocycles. The maximum absolute atomic E-state index is 4.84. The molecule has 5 heavy (non-hydrogen) atoms. The average Bonchev–Trinajstić information content (AvgIpc) is 1.41. The first-order valence-corrected chi connectivity index (χ1v) is 1.37. The molecule has 0 rings (SSSR count). The summed E-state index contributed by atoms with van der Waals surface area (Å²) in [6.07, 6.45) is 0. The molecule has 0 bridgehead atoms. The lowest BCUT2D eigenvalue weighted by Crippen LogP contribution is -2.31. The topological polar surface area (TPSA) is 24.1 Å². The monoisotopic (exact) mass is 67.1 g/mol. The molecule has 2 N–H and O–H groups in total. The van der Waals surface area contributed by atoms with Crippen molar-refractivity contribution in [1.82, 2.24) is 10.8 Å². The van der Waals surface area contributed by atoms with Gasteiger partial charge in [0.2, 0.25) is 0 Å². The van der Waals surface area contributed by atoms with Gasteiger partial charge in [0.05, 0.1) is 0 Å². The number of hydrazine groups is 1. The normalized spacial score (nSPS) is 7.40. The van der Waals surface area contributed by atoms with Gasteiger partial charge in [0.25, 0.3) is 0 Å². The van der Waals surface area contributed by atoms with Gasteiger partial charge in [0, 0.05) is 7.74 Å². The van der Waals surface area contributed by atoms with Gasteiger partial charge in [-0.3, -0.25) is 5.43 Å². The van der Waals surface area contributed by atoms with Crippen LogP contribution in [-0.4, -0.2) is 22.1 Å². The van der Waals surface area contributed by atoms with Crippen molar-refractivity contribution >= 4 is 15.0 Å². The zero-order valence-electron chi connectivity index (χ0n) is 3.15. The van der Waals surface area contributed by atoms with Crippen LogP contribution in [0.2, 0.25) is 0 Å². The van der Waals surface area contributed by atoms with E-state index < -0.39 is 0 Å². The molecule has 0 heterocycles. The van der Waals surface area contributed by atoms with Crippen LogP contribution in [0.5, 0.6) is 0 Å². The third-order valence-electron chi connectivity index (χ3n) is 0.228. The maximum atomic E-state index is 4.84. The lowest BCUT2D eigenvalue weighted by atomic mass is 9.68. The van der Waals surface area contributed by atoms with E-state index in [-0.39, 0.29) is 0 Å². The van der Waals surface area contributed by atoms with Crippen LogP contribution in [0.1, 0.15) is 0 Å². The molecular weight excluding hydrogens is 61.6 g/mol. The lowest BCUT2D eigenvalue weighted by molar-refractivity contribution is 0.801. The number of rotatable bonds is 2.